The van der Waals surface area contributed by atoms with Gasteiger partial charge in [0.05, 0.1) is 25.8 Å². The normalized spacial score (nSPS) is 26.3. The number of hydrogen-bond donors (Lipinski definition) is 0. The van der Waals surface area contributed by atoms with Gasteiger partial charge in [-0.3, -0.25) is 4.79 Å². The Morgan fingerprint density at radius 3 is 2.46 bits per heavy atom. The Morgan fingerprint density at radius 1 is 1.11 bits per heavy atom. The van der Waals surface area contributed by atoms with E-state index in [4.69, 9.17) is 34.6 Å². The highest BCUT2D eigenvalue weighted by molar-refractivity contribution is 6.38. The van der Waals surface area contributed by atoms with Gasteiger partial charge in [-0.25, -0.2) is 17.6 Å². The smallest absolute Gasteiger partial charge is 0.254 e. The van der Waals surface area contributed by atoms with Crippen LogP contribution in [0.25, 0.3) is 0 Å². The molecular weight excluding hydrogens is 492 g/mol. The first kappa shape index (κ1) is 25.9. The van der Waals surface area contributed by atoms with Crippen LogP contribution in [0.3, 0.4) is 0 Å². The van der Waals surface area contributed by atoms with Crippen LogP contribution >= 0.6 is 0 Å². The summed E-state index contributed by atoms with van der Waals surface area (Å²) >= 11 is 0. The van der Waals surface area contributed by atoms with Crippen molar-refractivity contribution in [3.8, 4) is 11.5 Å². The number of carbonyl (C=O) groups is 1. The van der Waals surface area contributed by atoms with E-state index >= 15 is 0 Å². The fraction of sp³-hybridized carbons (Fsp3) is 0.480. The maximum atomic E-state index is 14.0. The third kappa shape index (κ3) is 5.05. The molecule has 2 aromatic carbocycles. The Morgan fingerprint density at radius 2 is 1.81 bits per heavy atom. The van der Waals surface area contributed by atoms with Gasteiger partial charge in [-0.15, -0.1) is 0 Å². The van der Waals surface area contributed by atoms with Crippen LogP contribution < -0.4 is 9.47 Å². The number of fused-ring (bicyclic) bond motifs is 1. The molecule has 1 saturated carbocycles. The topological polar surface area (TPSA) is 57.2 Å². The number of rotatable bonds is 6. The lowest BCUT2D eigenvalue weighted by Gasteiger charge is -2.42. The van der Waals surface area contributed by atoms with Crippen molar-refractivity contribution in [1.29, 1.82) is 0 Å². The Labute approximate surface area is 214 Å². The minimum absolute atomic E-state index is 0.0103. The molecule has 192 valence electrons. The number of methoxy groups -OCH3 is 1. The van der Waals surface area contributed by atoms with Gasteiger partial charge in [0.25, 0.3) is 5.91 Å². The number of amides is 1. The zero-order chi connectivity index (χ0) is 26.6. The molecule has 3 aliphatic rings. The van der Waals surface area contributed by atoms with Crippen LogP contribution in [0, 0.1) is 17.6 Å². The summed E-state index contributed by atoms with van der Waals surface area (Å²) in [5.41, 5.74) is -2.91. The van der Waals surface area contributed by atoms with Crippen molar-refractivity contribution in [2.75, 3.05) is 26.8 Å². The number of ether oxygens (including phenoxy) is 4. The Kier molecular flexibility index (Phi) is 6.47. The molecule has 2 saturated heterocycles. The number of alkyl halides is 2. The highest BCUT2D eigenvalue weighted by Crippen LogP contribution is 2.47. The van der Waals surface area contributed by atoms with E-state index in [1.54, 1.807) is 12.1 Å². The number of nitrogens with zero attached hydrogens (tertiary/aromatic N) is 1. The SMILES string of the molecule is [B]C1([B])OC2CN(C(=O)c3ccc(OCC4CC(F)(F)C4)c(OC)c3)CC[C@]2(c2cc(F)cc(F)c2)O1. The van der Waals surface area contributed by atoms with Crippen molar-refractivity contribution < 1.29 is 41.3 Å². The lowest BCUT2D eigenvalue weighted by molar-refractivity contribution is -0.119. The summed E-state index contributed by atoms with van der Waals surface area (Å²) in [6, 6.07) is 7.59. The predicted octanol–water partition coefficient (Wildman–Crippen LogP) is 3.50. The third-order valence-corrected chi connectivity index (χ3v) is 7.03. The molecule has 3 fully saturated rings. The average molecular weight is 515 g/mol. The molecule has 1 amide bonds. The fourth-order valence-corrected chi connectivity index (χ4v) is 5.27. The van der Waals surface area contributed by atoms with Gasteiger partial charge in [-0.05, 0) is 35.9 Å². The zero-order valence-electron chi connectivity index (χ0n) is 20.0. The molecule has 4 radical (unpaired) electrons. The molecule has 2 aliphatic heterocycles. The second kappa shape index (κ2) is 9.23. The van der Waals surface area contributed by atoms with Gasteiger partial charge in [-0.2, -0.15) is 0 Å². The minimum Gasteiger partial charge on any atom is -0.493 e. The zero-order valence-corrected chi connectivity index (χ0v) is 20.0. The summed E-state index contributed by atoms with van der Waals surface area (Å²) in [7, 11) is 13.2. The summed E-state index contributed by atoms with van der Waals surface area (Å²) < 4.78 is 76.6. The van der Waals surface area contributed by atoms with Crippen LogP contribution in [0.5, 0.6) is 11.5 Å². The first-order valence-corrected chi connectivity index (χ1v) is 11.8. The van der Waals surface area contributed by atoms with Crippen LogP contribution in [0.15, 0.2) is 36.4 Å². The second-order valence-electron chi connectivity index (χ2n) is 9.79. The highest BCUT2D eigenvalue weighted by atomic mass is 19.3. The number of carbonyl (C=O) groups excluding carboxylic acids is 1. The van der Waals surface area contributed by atoms with Crippen molar-refractivity contribution in [3.05, 3.63) is 59.2 Å². The predicted molar refractivity (Wildman–Crippen MR) is 125 cm³/mol. The summed E-state index contributed by atoms with van der Waals surface area (Å²) in [6.45, 7) is 0.264. The molecule has 37 heavy (non-hydrogen) atoms. The standard InChI is InChI=1S/C25H23B2F4NO5/c1-34-20-6-15(2-3-19(20)35-13-14-10-23(30,31)11-14)22(33)32-5-4-24(16-7-17(28)9-18(29)8-16)21(12-32)36-25(26,27)37-24/h2-3,6-9,14,21H,4-5,10-13H2,1H3/t21?,24-/m1/s1. The van der Waals surface area contributed by atoms with Crippen molar-refractivity contribution in [1.82, 2.24) is 4.90 Å². The van der Waals surface area contributed by atoms with Gasteiger partial charge >= 0.3 is 0 Å². The minimum atomic E-state index is -2.63. The van der Waals surface area contributed by atoms with Crippen LogP contribution in [0.2, 0.25) is 0 Å². The number of halogens is 4. The van der Waals surface area contributed by atoms with Crippen molar-refractivity contribution in [2.24, 2.45) is 5.92 Å². The van der Waals surface area contributed by atoms with E-state index in [1.807, 2.05) is 0 Å². The van der Waals surface area contributed by atoms with Crippen molar-refractivity contribution in [2.45, 2.75) is 42.5 Å². The third-order valence-electron chi connectivity index (χ3n) is 7.03. The number of benzene rings is 2. The van der Waals surface area contributed by atoms with Gasteiger partial charge in [0.15, 0.2) is 11.5 Å². The summed E-state index contributed by atoms with van der Waals surface area (Å²) in [6.07, 6.45) is -1.21. The Balaban J connectivity index is 1.32. The quantitative estimate of drug-likeness (QED) is 0.436. The molecule has 0 spiro atoms. The summed E-state index contributed by atoms with van der Waals surface area (Å²) in [5, 5.41) is 0. The first-order valence-electron chi connectivity index (χ1n) is 11.8. The molecule has 0 bridgehead atoms. The molecule has 0 N–H and O–H groups in total. The maximum absolute atomic E-state index is 14.0. The van der Waals surface area contributed by atoms with E-state index in [2.05, 4.69) is 0 Å². The van der Waals surface area contributed by atoms with Gasteiger partial charge in [-0.1, -0.05) is 0 Å². The van der Waals surface area contributed by atoms with Gasteiger partial charge in [0.2, 0.25) is 5.92 Å². The molecule has 2 aromatic rings. The molecule has 1 aliphatic carbocycles. The lowest BCUT2D eigenvalue weighted by atomic mass is 9.76. The average Bonchev–Trinajstić information content (AvgIpc) is 3.10. The van der Waals surface area contributed by atoms with E-state index in [0.717, 1.165) is 18.2 Å². The van der Waals surface area contributed by atoms with E-state index in [9.17, 15) is 22.4 Å². The molecule has 6 nitrogen and oxygen atoms in total. The van der Waals surface area contributed by atoms with Crippen LogP contribution in [-0.2, 0) is 15.1 Å². The molecule has 2 atom stereocenters. The molecule has 12 heteroatoms. The Hall–Kier alpha value is -2.72. The molecule has 0 aromatic heterocycles. The first-order chi connectivity index (χ1) is 17.4. The number of likely N-dealkylation sites (tertiary alicyclic amines) is 1. The monoisotopic (exact) mass is 515 g/mol. The largest absolute Gasteiger partial charge is 0.493 e. The lowest BCUT2D eigenvalue weighted by Crippen LogP contribution is -2.53. The van der Waals surface area contributed by atoms with Crippen LogP contribution in [0.4, 0.5) is 17.6 Å². The summed E-state index contributed by atoms with van der Waals surface area (Å²) in [5.74, 6) is -4.21. The van der Waals surface area contributed by atoms with Gasteiger partial charge in [0, 0.05) is 43.4 Å². The number of piperidine rings is 1. The molecule has 5 rings (SSSR count). The Bertz CT molecular complexity index is 1190. The maximum Gasteiger partial charge on any atom is 0.254 e. The van der Waals surface area contributed by atoms with Crippen LogP contribution in [0.1, 0.15) is 35.2 Å². The molecular formula is C25H23B2F4NO5. The second-order valence-corrected chi connectivity index (χ2v) is 9.79. The van der Waals surface area contributed by atoms with Gasteiger partial charge < -0.3 is 23.8 Å². The van der Waals surface area contributed by atoms with Crippen molar-refractivity contribution in [3.63, 3.8) is 0 Å². The highest BCUT2D eigenvalue weighted by Gasteiger charge is 2.56. The van der Waals surface area contributed by atoms with E-state index in [-0.39, 0.29) is 67.7 Å². The van der Waals surface area contributed by atoms with E-state index < -0.39 is 34.8 Å². The fourth-order valence-electron chi connectivity index (χ4n) is 5.27. The molecule has 2 heterocycles. The molecule has 1 unspecified atom stereocenters. The number of hydrogen-bond acceptors (Lipinski definition) is 5. The summed E-state index contributed by atoms with van der Waals surface area (Å²) in [4.78, 5) is 14.8. The van der Waals surface area contributed by atoms with E-state index in [1.165, 1.54) is 18.1 Å². The van der Waals surface area contributed by atoms with Gasteiger partial charge in [0.1, 0.15) is 39.0 Å². The van der Waals surface area contributed by atoms with Crippen molar-refractivity contribution >= 4 is 21.6 Å². The van der Waals surface area contributed by atoms with Crippen LogP contribution in [-0.4, -0.2) is 70.9 Å². The van der Waals surface area contributed by atoms with E-state index in [0.29, 0.717) is 5.75 Å².